The highest BCUT2D eigenvalue weighted by atomic mass is 16.4. The van der Waals surface area contributed by atoms with Gasteiger partial charge >= 0.3 is 5.76 Å². The number of nitrogens with one attached hydrogen (secondary N) is 1. The molecule has 7 heteroatoms. The van der Waals surface area contributed by atoms with E-state index in [2.05, 4.69) is 5.32 Å². The second-order valence-corrected chi connectivity index (χ2v) is 4.98. The molecule has 0 spiro atoms. The zero-order chi connectivity index (χ0) is 15.0. The van der Waals surface area contributed by atoms with Gasteiger partial charge in [0, 0.05) is 13.1 Å². The van der Waals surface area contributed by atoms with E-state index in [9.17, 15) is 14.4 Å². The molecule has 2 amide bonds. The second kappa shape index (κ2) is 5.08. The Morgan fingerprint density at radius 2 is 2.14 bits per heavy atom. The molecule has 2 heterocycles. The SMILES string of the molecule is CC1C(=O)NCCN1C(=O)Cn1c(=O)oc2ccccc21. The van der Waals surface area contributed by atoms with Crippen molar-refractivity contribution in [3.63, 3.8) is 0 Å². The first kappa shape index (κ1) is 13.4. The zero-order valence-electron chi connectivity index (χ0n) is 11.5. The van der Waals surface area contributed by atoms with Gasteiger partial charge in [-0.3, -0.25) is 14.2 Å². The molecular formula is C14H15N3O4. The summed E-state index contributed by atoms with van der Waals surface area (Å²) < 4.78 is 6.38. The van der Waals surface area contributed by atoms with Gasteiger partial charge in [-0.15, -0.1) is 0 Å². The Kier molecular flexibility index (Phi) is 3.25. The average Bonchev–Trinajstić information content (AvgIpc) is 2.78. The summed E-state index contributed by atoms with van der Waals surface area (Å²) in [6.45, 7) is 2.41. The largest absolute Gasteiger partial charge is 0.420 e. The van der Waals surface area contributed by atoms with E-state index >= 15 is 0 Å². The highest BCUT2D eigenvalue weighted by Gasteiger charge is 2.29. The number of hydrogen-bond acceptors (Lipinski definition) is 4. The molecule has 1 unspecified atom stereocenters. The van der Waals surface area contributed by atoms with Crippen LogP contribution in [-0.4, -0.2) is 40.4 Å². The van der Waals surface area contributed by atoms with Crippen molar-refractivity contribution in [2.75, 3.05) is 13.1 Å². The predicted molar refractivity (Wildman–Crippen MR) is 74.7 cm³/mol. The molecule has 1 aliphatic rings. The van der Waals surface area contributed by atoms with Gasteiger partial charge in [0.2, 0.25) is 11.8 Å². The van der Waals surface area contributed by atoms with E-state index in [1.54, 1.807) is 31.2 Å². The van der Waals surface area contributed by atoms with Crippen molar-refractivity contribution in [2.24, 2.45) is 0 Å². The number of rotatable bonds is 2. The first-order valence-electron chi connectivity index (χ1n) is 6.73. The van der Waals surface area contributed by atoms with Gasteiger partial charge in [-0.25, -0.2) is 4.79 Å². The fraction of sp³-hybridized carbons (Fsp3) is 0.357. The first-order valence-corrected chi connectivity index (χ1v) is 6.73. The average molecular weight is 289 g/mol. The number of carbonyl (C=O) groups excluding carboxylic acids is 2. The summed E-state index contributed by atoms with van der Waals surface area (Å²) in [4.78, 5) is 37.3. The minimum atomic E-state index is -0.571. The number of piperazine rings is 1. The van der Waals surface area contributed by atoms with Gasteiger partial charge in [0.25, 0.3) is 0 Å². The molecule has 0 radical (unpaired) electrons. The number of nitrogens with zero attached hydrogens (tertiary/aromatic N) is 2. The lowest BCUT2D eigenvalue weighted by Gasteiger charge is -2.32. The van der Waals surface area contributed by atoms with Gasteiger partial charge < -0.3 is 14.6 Å². The van der Waals surface area contributed by atoms with E-state index < -0.39 is 11.8 Å². The Balaban J connectivity index is 1.88. The normalized spacial score (nSPS) is 18.8. The molecule has 0 saturated carbocycles. The summed E-state index contributed by atoms with van der Waals surface area (Å²) >= 11 is 0. The molecule has 3 rings (SSSR count). The standard InChI is InChI=1S/C14H15N3O4/c1-9-13(19)15-6-7-16(9)12(18)8-17-10-4-2-3-5-11(10)21-14(17)20/h2-5,9H,6-8H2,1H3,(H,15,19). The van der Waals surface area contributed by atoms with E-state index in [-0.39, 0.29) is 18.4 Å². The Hall–Kier alpha value is -2.57. The Labute approximate surface area is 120 Å². The van der Waals surface area contributed by atoms with Crippen LogP contribution >= 0.6 is 0 Å². The van der Waals surface area contributed by atoms with Crippen molar-refractivity contribution < 1.29 is 14.0 Å². The number of fused-ring (bicyclic) bond motifs is 1. The topological polar surface area (TPSA) is 84.5 Å². The molecule has 0 bridgehead atoms. The molecule has 1 aromatic carbocycles. The lowest BCUT2D eigenvalue weighted by atomic mass is 10.2. The van der Waals surface area contributed by atoms with Crippen LogP contribution in [0.1, 0.15) is 6.92 Å². The van der Waals surface area contributed by atoms with Gasteiger partial charge in [0.05, 0.1) is 5.52 Å². The Bertz CT molecular complexity index is 761. The van der Waals surface area contributed by atoms with Crippen LogP contribution in [0.25, 0.3) is 11.1 Å². The van der Waals surface area contributed by atoms with Gasteiger partial charge in [0.1, 0.15) is 12.6 Å². The molecule has 1 aromatic heterocycles. The number of amides is 2. The maximum atomic E-state index is 12.4. The third-order valence-electron chi connectivity index (χ3n) is 3.69. The molecule has 110 valence electrons. The number of benzene rings is 1. The van der Waals surface area contributed by atoms with Crippen LogP contribution in [0.4, 0.5) is 0 Å². The monoisotopic (exact) mass is 289 g/mol. The number of aromatic nitrogens is 1. The van der Waals surface area contributed by atoms with Crippen molar-refractivity contribution in [1.29, 1.82) is 0 Å². The van der Waals surface area contributed by atoms with E-state index in [4.69, 9.17) is 4.42 Å². The predicted octanol–water partition coefficient (Wildman–Crippen LogP) is -0.0586. The van der Waals surface area contributed by atoms with Crippen LogP contribution in [0.15, 0.2) is 33.5 Å². The minimum Gasteiger partial charge on any atom is -0.408 e. The van der Waals surface area contributed by atoms with Crippen LogP contribution in [0.2, 0.25) is 0 Å². The smallest absolute Gasteiger partial charge is 0.408 e. The molecule has 1 aliphatic heterocycles. The third kappa shape index (κ3) is 2.31. The van der Waals surface area contributed by atoms with E-state index in [0.29, 0.717) is 24.2 Å². The van der Waals surface area contributed by atoms with Gasteiger partial charge in [-0.1, -0.05) is 12.1 Å². The van der Waals surface area contributed by atoms with E-state index in [1.165, 1.54) is 9.47 Å². The van der Waals surface area contributed by atoms with E-state index in [0.717, 1.165) is 0 Å². The van der Waals surface area contributed by atoms with Gasteiger partial charge in [-0.05, 0) is 19.1 Å². The molecule has 1 fully saturated rings. The highest BCUT2D eigenvalue weighted by Crippen LogP contribution is 2.13. The first-order chi connectivity index (χ1) is 10.1. The summed E-state index contributed by atoms with van der Waals surface area (Å²) in [5, 5.41) is 2.70. The van der Waals surface area contributed by atoms with Crippen LogP contribution in [0.3, 0.4) is 0 Å². The minimum absolute atomic E-state index is 0.131. The Morgan fingerprint density at radius 3 is 2.95 bits per heavy atom. The van der Waals surface area contributed by atoms with Gasteiger partial charge in [0.15, 0.2) is 5.58 Å². The maximum absolute atomic E-state index is 12.4. The third-order valence-corrected chi connectivity index (χ3v) is 3.69. The number of oxazole rings is 1. The quantitative estimate of drug-likeness (QED) is 0.839. The molecule has 1 saturated heterocycles. The van der Waals surface area contributed by atoms with Crippen molar-refractivity contribution in [1.82, 2.24) is 14.8 Å². The molecule has 1 N–H and O–H groups in total. The lowest BCUT2D eigenvalue weighted by molar-refractivity contribution is -0.142. The van der Waals surface area contributed by atoms with Gasteiger partial charge in [-0.2, -0.15) is 0 Å². The van der Waals surface area contributed by atoms with Crippen LogP contribution in [0.5, 0.6) is 0 Å². The van der Waals surface area contributed by atoms with E-state index in [1.807, 2.05) is 0 Å². The molecule has 0 aliphatic carbocycles. The summed E-state index contributed by atoms with van der Waals surface area (Å²) in [6, 6.07) is 6.40. The molecular weight excluding hydrogens is 274 g/mol. The van der Waals surface area contributed by atoms with Crippen molar-refractivity contribution in [3.8, 4) is 0 Å². The number of para-hydroxylation sites is 2. The molecule has 7 nitrogen and oxygen atoms in total. The fourth-order valence-electron chi connectivity index (χ4n) is 2.51. The Morgan fingerprint density at radius 1 is 1.38 bits per heavy atom. The molecule has 2 aromatic rings. The highest BCUT2D eigenvalue weighted by molar-refractivity contribution is 5.88. The molecule has 21 heavy (non-hydrogen) atoms. The fourth-order valence-corrected chi connectivity index (χ4v) is 2.51. The maximum Gasteiger partial charge on any atom is 0.420 e. The summed E-state index contributed by atoms with van der Waals surface area (Å²) in [7, 11) is 0. The van der Waals surface area contributed by atoms with Crippen molar-refractivity contribution in [3.05, 3.63) is 34.8 Å². The van der Waals surface area contributed by atoms with Crippen LogP contribution < -0.4 is 11.1 Å². The summed E-state index contributed by atoms with van der Waals surface area (Å²) in [5.74, 6) is -1.02. The van der Waals surface area contributed by atoms with Crippen LogP contribution in [-0.2, 0) is 16.1 Å². The lowest BCUT2D eigenvalue weighted by Crippen LogP contribution is -2.56. The second-order valence-electron chi connectivity index (χ2n) is 4.98. The summed E-state index contributed by atoms with van der Waals surface area (Å²) in [5.41, 5.74) is 1.02. The van der Waals surface area contributed by atoms with Crippen molar-refractivity contribution >= 4 is 22.9 Å². The van der Waals surface area contributed by atoms with Crippen molar-refractivity contribution in [2.45, 2.75) is 19.5 Å². The zero-order valence-corrected chi connectivity index (χ0v) is 11.5. The van der Waals surface area contributed by atoms with Crippen LogP contribution in [0, 0.1) is 0 Å². The molecule has 1 atom stereocenters. The summed E-state index contributed by atoms with van der Waals surface area (Å²) in [6.07, 6.45) is 0. The number of hydrogen-bond donors (Lipinski definition) is 1. The number of carbonyl (C=O) groups is 2.